The van der Waals surface area contributed by atoms with Crippen molar-refractivity contribution in [1.82, 2.24) is 9.78 Å². The molecular weight excluding hydrogens is 178 g/mol. The molecule has 0 radical (unpaired) electrons. The number of carbonyl (C=O) groups excluding carboxylic acids is 1. The van der Waals surface area contributed by atoms with Crippen LogP contribution in [0.3, 0.4) is 0 Å². The molecule has 2 rings (SSSR count). The Bertz CT molecular complexity index is 431. The lowest BCUT2D eigenvalue weighted by Crippen LogP contribution is -2.40. The van der Waals surface area contributed by atoms with E-state index in [4.69, 9.17) is 5.26 Å². The van der Waals surface area contributed by atoms with Gasteiger partial charge >= 0.3 is 0 Å². The number of aryl methyl sites for hydroxylation is 2. The molecule has 4 nitrogen and oxygen atoms in total. The first-order valence-electron chi connectivity index (χ1n) is 4.51. The highest BCUT2D eigenvalue weighted by atomic mass is 16.1. The van der Waals surface area contributed by atoms with Gasteiger partial charge in [0.25, 0.3) is 0 Å². The van der Waals surface area contributed by atoms with E-state index >= 15 is 0 Å². The molecule has 1 saturated carbocycles. The predicted octanol–water partition coefficient (Wildman–Crippen LogP) is 0.853. The third kappa shape index (κ3) is 1.06. The van der Waals surface area contributed by atoms with Crippen molar-refractivity contribution >= 4 is 5.78 Å². The van der Waals surface area contributed by atoms with Gasteiger partial charge in [0, 0.05) is 31.6 Å². The van der Waals surface area contributed by atoms with Gasteiger partial charge in [-0.1, -0.05) is 0 Å². The number of hydrogen-bond acceptors (Lipinski definition) is 3. The zero-order valence-corrected chi connectivity index (χ0v) is 8.24. The highest BCUT2D eigenvalue weighted by Crippen LogP contribution is 2.41. The fourth-order valence-electron chi connectivity index (χ4n) is 2.02. The summed E-state index contributed by atoms with van der Waals surface area (Å²) >= 11 is 0. The van der Waals surface area contributed by atoms with Crippen LogP contribution >= 0.6 is 0 Å². The molecule has 72 valence electrons. The van der Waals surface area contributed by atoms with Crippen molar-refractivity contribution in [2.24, 2.45) is 7.05 Å². The van der Waals surface area contributed by atoms with Crippen molar-refractivity contribution in [3.05, 3.63) is 17.5 Å². The van der Waals surface area contributed by atoms with Crippen molar-refractivity contribution in [3.8, 4) is 6.07 Å². The maximum absolute atomic E-state index is 11.0. The van der Waals surface area contributed by atoms with E-state index in [0.717, 1.165) is 11.3 Å². The third-order valence-corrected chi connectivity index (χ3v) is 2.74. The summed E-state index contributed by atoms with van der Waals surface area (Å²) in [6, 6.07) is 2.24. The van der Waals surface area contributed by atoms with E-state index in [-0.39, 0.29) is 5.78 Å². The number of Topliss-reactive ketones (excluding diaryl/α,β-unsaturated/α-hetero) is 1. The maximum Gasteiger partial charge on any atom is 0.136 e. The average molecular weight is 189 g/mol. The Morgan fingerprint density at radius 1 is 1.64 bits per heavy atom. The Balaban J connectivity index is 2.44. The van der Waals surface area contributed by atoms with Crippen molar-refractivity contribution in [1.29, 1.82) is 5.26 Å². The molecule has 0 saturated heterocycles. The maximum atomic E-state index is 11.0. The van der Waals surface area contributed by atoms with Gasteiger partial charge < -0.3 is 0 Å². The van der Waals surface area contributed by atoms with Gasteiger partial charge in [0.05, 0.1) is 17.2 Å². The first kappa shape index (κ1) is 8.95. The zero-order valence-electron chi connectivity index (χ0n) is 8.24. The number of aromatic nitrogens is 2. The molecule has 0 bridgehead atoms. The molecule has 0 atom stereocenters. The van der Waals surface area contributed by atoms with E-state index in [9.17, 15) is 4.79 Å². The van der Waals surface area contributed by atoms with E-state index < -0.39 is 5.41 Å². The summed E-state index contributed by atoms with van der Waals surface area (Å²) in [5.41, 5.74) is 1.17. The van der Waals surface area contributed by atoms with Gasteiger partial charge in [0.2, 0.25) is 0 Å². The Hall–Kier alpha value is -1.63. The minimum atomic E-state index is -0.588. The van der Waals surface area contributed by atoms with Gasteiger partial charge in [-0.25, -0.2) is 0 Å². The smallest absolute Gasteiger partial charge is 0.136 e. The lowest BCUT2D eigenvalue weighted by atomic mass is 9.65. The summed E-state index contributed by atoms with van der Waals surface area (Å²) < 4.78 is 1.69. The van der Waals surface area contributed by atoms with Crippen LogP contribution in [0.1, 0.15) is 24.1 Å². The molecule has 1 fully saturated rings. The lowest BCUT2D eigenvalue weighted by molar-refractivity contribution is -0.126. The van der Waals surface area contributed by atoms with E-state index in [2.05, 4.69) is 11.2 Å². The third-order valence-electron chi connectivity index (χ3n) is 2.74. The largest absolute Gasteiger partial charge is 0.300 e. The van der Waals surface area contributed by atoms with Crippen molar-refractivity contribution in [2.75, 3.05) is 0 Å². The SMILES string of the molecule is Cc1nn(C)cc1C1(C#N)CC(=O)C1. The molecule has 0 spiro atoms. The molecule has 0 amide bonds. The van der Waals surface area contributed by atoms with E-state index in [1.165, 1.54) is 0 Å². The number of hydrogen-bond donors (Lipinski definition) is 0. The molecule has 0 aliphatic heterocycles. The number of carbonyl (C=O) groups is 1. The van der Waals surface area contributed by atoms with Crippen molar-refractivity contribution in [3.63, 3.8) is 0 Å². The predicted molar refractivity (Wildman–Crippen MR) is 49.5 cm³/mol. The zero-order chi connectivity index (χ0) is 10.3. The van der Waals surface area contributed by atoms with Gasteiger partial charge in [-0.3, -0.25) is 9.48 Å². The normalized spacial score (nSPS) is 18.8. The van der Waals surface area contributed by atoms with Crippen LogP contribution in [0.15, 0.2) is 6.20 Å². The first-order chi connectivity index (χ1) is 6.57. The molecule has 1 aliphatic carbocycles. The molecule has 1 heterocycles. The number of ketones is 1. The van der Waals surface area contributed by atoms with Crippen LogP contribution in [0.2, 0.25) is 0 Å². The Kier molecular flexibility index (Phi) is 1.71. The van der Waals surface area contributed by atoms with Gasteiger partial charge in [-0.2, -0.15) is 10.4 Å². The Morgan fingerprint density at radius 3 is 2.64 bits per heavy atom. The summed E-state index contributed by atoms with van der Waals surface area (Å²) in [6.07, 6.45) is 2.52. The Labute approximate surface area is 82.1 Å². The van der Waals surface area contributed by atoms with Gasteiger partial charge in [0.1, 0.15) is 5.78 Å². The molecule has 0 aromatic carbocycles. The first-order valence-corrected chi connectivity index (χ1v) is 4.51. The van der Waals surface area contributed by atoms with Gasteiger partial charge in [-0.05, 0) is 6.92 Å². The monoisotopic (exact) mass is 189 g/mol. The number of rotatable bonds is 1. The lowest BCUT2D eigenvalue weighted by Gasteiger charge is -2.33. The van der Waals surface area contributed by atoms with Crippen LogP contribution in [-0.4, -0.2) is 15.6 Å². The summed E-state index contributed by atoms with van der Waals surface area (Å²) in [7, 11) is 1.82. The van der Waals surface area contributed by atoms with E-state index in [0.29, 0.717) is 12.8 Å². The molecule has 4 heteroatoms. The standard InChI is InChI=1S/C10H11N3O/c1-7-9(5-13(2)12-7)10(6-11)3-8(14)4-10/h5H,3-4H2,1-2H3. The molecule has 0 N–H and O–H groups in total. The van der Waals surface area contributed by atoms with Crippen LogP contribution in [0.4, 0.5) is 0 Å². The molecule has 1 aliphatic rings. The Morgan fingerprint density at radius 2 is 2.29 bits per heavy atom. The van der Waals surface area contributed by atoms with Crippen molar-refractivity contribution in [2.45, 2.75) is 25.2 Å². The quantitative estimate of drug-likeness (QED) is 0.658. The summed E-state index contributed by atoms with van der Waals surface area (Å²) in [4.78, 5) is 11.0. The second-order valence-electron chi connectivity index (χ2n) is 3.89. The topological polar surface area (TPSA) is 58.7 Å². The summed E-state index contributed by atoms with van der Waals surface area (Å²) in [5, 5.41) is 13.3. The van der Waals surface area contributed by atoms with Crippen LogP contribution in [-0.2, 0) is 17.3 Å². The minimum absolute atomic E-state index is 0.162. The number of nitrogens with zero attached hydrogens (tertiary/aromatic N) is 3. The van der Waals surface area contributed by atoms with Gasteiger partial charge in [0.15, 0.2) is 0 Å². The van der Waals surface area contributed by atoms with Crippen molar-refractivity contribution < 1.29 is 4.79 Å². The summed E-state index contributed by atoms with van der Waals surface area (Å²) in [6.45, 7) is 1.87. The van der Waals surface area contributed by atoms with Crippen LogP contribution in [0.5, 0.6) is 0 Å². The van der Waals surface area contributed by atoms with E-state index in [1.807, 2.05) is 20.2 Å². The second-order valence-corrected chi connectivity index (χ2v) is 3.89. The molecule has 1 aromatic heterocycles. The number of nitriles is 1. The highest BCUT2D eigenvalue weighted by Gasteiger charge is 2.47. The average Bonchev–Trinajstić information content (AvgIpc) is 2.40. The molecule has 1 aromatic rings. The fraction of sp³-hybridized carbons (Fsp3) is 0.500. The molecular formula is C10H11N3O. The van der Waals surface area contributed by atoms with Crippen LogP contribution < -0.4 is 0 Å². The van der Waals surface area contributed by atoms with Crippen LogP contribution in [0, 0.1) is 18.3 Å². The fourth-order valence-corrected chi connectivity index (χ4v) is 2.02. The van der Waals surface area contributed by atoms with Crippen LogP contribution in [0.25, 0.3) is 0 Å². The minimum Gasteiger partial charge on any atom is -0.300 e. The van der Waals surface area contributed by atoms with E-state index in [1.54, 1.807) is 4.68 Å². The molecule has 14 heavy (non-hydrogen) atoms. The highest BCUT2D eigenvalue weighted by molar-refractivity contribution is 5.90. The summed E-state index contributed by atoms with van der Waals surface area (Å²) in [5.74, 6) is 0.162. The molecule has 0 unspecified atom stereocenters. The van der Waals surface area contributed by atoms with Gasteiger partial charge in [-0.15, -0.1) is 0 Å². The second kappa shape index (κ2) is 2.68.